The van der Waals surface area contributed by atoms with E-state index in [1.165, 1.54) is 0 Å². The zero-order valence-corrected chi connectivity index (χ0v) is 8.67. The summed E-state index contributed by atoms with van der Waals surface area (Å²) in [4.78, 5) is 8.03. The van der Waals surface area contributed by atoms with Gasteiger partial charge in [-0.3, -0.25) is 4.21 Å². The minimum absolute atomic E-state index is 0.172. The molecule has 1 aromatic rings. The van der Waals surface area contributed by atoms with Gasteiger partial charge in [-0.05, 0) is 25.5 Å². The Labute approximate surface area is 85.6 Å². The molecular weight excluding hydrogens is 198 g/mol. The molecule has 1 aromatic heterocycles. The first kappa shape index (κ1) is 9.73. The van der Waals surface area contributed by atoms with Crippen molar-refractivity contribution in [1.29, 1.82) is 0 Å². The summed E-state index contributed by atoms with van der Waals surface area (Å²) in [5.74, 6) is 0. The molecule has 0 aliphatic carbocycles. The van der Waals surface area contributed by atoms with Crippen LogP contribution in [0.4, 0.5) is 0 Å². The van der Waals surface area contributed by atoms with Gasteiger partial charge in [0.25, 0.3) is 0 Å². The second-order valence-corrected chi connectivity index (χ2v) is 4.92. The third kappa shape index (κ3) is 2.16. The fourth-order valence-corrected chi connectivity index (χ4v) is 2.82. The SMILES string of the molecule is O=[S@@](c1ncccn1)[C@H]1CCCNC1. The molecule has 0 spiro atoms. The molecule has 0 amide bonds. The Morgan fingerprint density at radius 1 is 1.43 bits per heavy atom. The van der Waals surface area contributed by atoms with Crippen LogP contribution < -0.4 is 5.32 Å². The molecule has 14 heavy (non-hydrogen) atoms. The summed E-state index contributed by atoms with van der Waals surface area (Å²) in [6.45, 7) is 1.84. The van der Waals surface area contributed by atoms with Crippen molar-refractivity contribution >= 4 is 10.8 Å². The highest BCUT2D eigenvalue weighted by Gasteiger charge is 2.22. The lowest BCUT2D eigenvalue weighted by Gasteiger charge is -2.20. The van der Waals surface area contributed by atoms with Crippen molar-refractivity contribution in [2.45, 2.75) is 23.2 Å². The van der Waals surface area contributed by atoms with Gasteiger partial charge in [-0.1, -0.05) is 0 Å². The van der Waals surface area contributed by atoms with Gasteiger partial charge in [0.1, 0.15) is 0 Å². The number of piperidine rings is 1. The van der Waals surface area contributed by atoms with Crippen LogP contribution in [0.15, 0.2) is 23.6 Å². The molecule has 0 aromatic carbocycles. The standard InChI is InChI=1S/C9H13N3OS/c13-14(8-3-1-4-10-7-8)9-11-5-2-6-12-9/h2,5-6,8,10H,1,3-4,7H2/t8-,14+/m0/s1. The molecule has 1 fully saturated rings. The highest BCUT2D eigenvalue weighted by molar-refractivity contribution is 7.85. The van der Waals surface area contributed by atoms with Gasteiger partial charge < -0.3 is 5.32 Å². The zero-order chi connectivity index (χ0) is 9.80. The number of rotatable bonds is 2. The molecule has 2 rings (SSSR count). The lowest BCUT2D eigenvalue weighted by Crippen LogP contribution is -2.36. The predicted octanol–water partition coefficient (Wildman–Crippen LogP) is 0.336. The summed E-state index contributed by atoms with van der Waals surface area (Å²) in [5.41, 5.74) is 0. The Morgan fingerprint density at radius 3 is 2.86 bits per heavy atom. The van der Waals surface area contributed by atoms with E-state index in [0.717, 1.165) is 25.9 Å². The molecule has 1 saturated heterocycles. The molecule has 0 radical (unpaired) electrons. The Morgan fingerprint density at radius 2 is 2.21 bits per heavy atom. The smallest absolute Gasteiger partial charge is 0.218 e. The van der Waals surface area contributed by atoms with E-state index >= 15 is 0 Å². The van der Waals surface area contributed by atoms with E-state index in [1.54, 1.807) is 18.5 Å². The third-order valence-electron chi connectivity index (χ3n) is 2.28. The zero-order valence-electron chi connectivity index (χ0n) is 7.85. The maximum Gasteiger partial charge on any atom is 0.218 e. The molecular formula is C9H13N3OS. The molecule has 0 saturated carbocycles. The topological polar surface area (TPSA) is 54.9 Å². The normalized spacial score (nSPS) is 24.4. The van der Waals surface area contributed by atoms with E-state index in [-0.39, 0.29) is 5.25 Å². The van der Waals surface area contributed by atoms with Crippen LogP contribution in [0.1, 0.15) is 12.8 Å². The minimum Gasteiger partial charge on any atom is -0.316 e. The first-order chi connectivity index (χ1) is 6.88. The predicted molar refractivity (Wildman–Crippen MR) is 54.3 cm³/mol. The first-order valence-electron chi connectivity index (χ1n) is 4.76. The van der Waals surface area contributed by atoms with Crippen molar-refractivity contribution in [3.63, 3.8) is 0 Å². The molecule has 5 heteroatoms. The maximum atomic E-state index is 11.9. The van der Waals surface area contributed by atoms with E-state index in [0.29, 0.717) is 5.16 Å². The Kier molecular flexibility index (Phi) is 3.21. The van der Waals surface area contributed by atoms with Gasteiger partial charge in [0, 0.05) is 18.9 Å². The number of aromatic nitrogens is 2. The first-order valence-corrected chi connectivity index (χ1v) is 5.97. The van der Waals surface area contributed by atoms with Crippen LogP contribution in [0.2, 0.25) is 0 Å². The number of hydrogen-bond acceptors (Lipinski definition) is 4. The Bertz CT molecular complexity index is 311. The van der Waals surface area contributed by atoms with Gasteiger partial charge in [0.15, 0.2) is 0 Å². The lowest BCUT2D eigenvalue weighted by molar-refractivity contribution is 0.518. The summed E-state index contributed by atoms with van der Waals surface area (Å²) in [6.07, 6.45) is 5.36. The van der Waals surface area contributed by atoms with Gasteiger partial charge in [-0.15, -0.1) is 0 Å². The Balaban J connectivity index is 2.07. The molecule has 2 atom stereocenters. The van der Waals surface area contributed by atoms with Gasteiger partial charge >= 0.3 is 0 Å². The fraction of sp³-hybridized carbons (Fsp3) is 0.556. The summed E-state index contributed by atoms with van der Waals surface area (Å²) in [5, 5.41) is 3.87. The number of nitrogens with zero attached hydrogens (tertiary/aromatic N) is 2. The van der Waals surface area contributed by atoms with Crippen molar-refractivity contribution in [3.8, 4) is 0 Å². The van der Waals surface area contributed by atoms with Crippen LogP contribution in [0.5, 0.6) is 0 Å². The van der Waals surface area contributed by atoms with Crippen molar-refractivity contribution in [1.82, 2.24) is 15.3 Å². The largest absolute Gasteiger partial charge is 0.316 e. The molecule has 0 bridgehead atoms. The molecule has 76 valence electrons. The highest BCUT2D eigenvalue weighted by atomic mass is 32.2. The minimum atomic E-state index is -1.05. The van der Waals surface area contributed by atoms with Crippen molar-refractivity contribution in [2.75, 3.05) is 13.1 Å². The van der Waals surface area contributed by atoms with Gasteiger partial charge in [0.05, 0.1) is 16.0 Å². The average molecular weight is 211 g/mol. The van der Waals surface area contributed by atoms with E-state index in [2.05, 4.69) is 15.3 Å². The van der Waals surface area contributed by atoms with E-state index < -0.39 is 10.8 Å². The molecule has 2 heterocycles. The number of nitrogens with one attached hydrogen (secondary N) is 1. The van der Waals surface area contributed by atoms with E-state index in [1.807, 2.05) is 0 Å². The van der Waals surface area contributed by atoms with Gasteiger partial charge in [0.2, 0.25) is 5.16 Å². The summed E-state index contributed by atoms with van der Waals surface area (Å²) < 4.78 is 11.9. The second kappa shape index (κ2) is 4.61. The monoisotopic (exact) mass is 211 g/mol. The van der Waals surface area contributed by atoms with Crippen molar-refractivity contribution < 1.29 is 4.21 Å². The van der Waals surface area contributed by atoms with Gasteiger partial charge in [-0.25, -0.2) is 9.97 Å². The maximum absolute atomic E-state index is 11.9. The van der Waals surface area contributed by atoms with Crippen LogP contribution >= 0.6 is 0 Å². The van der Waals surface area contributed by atoms with Crippen LogP contribution in [0.25, 0.3) is 0 Å². The third-order valence-corrected chi connectivity index (χ3v) is 3.86. The summed E-state index contributed by atoms with van der Waals surface area (Å²) >= 11 is 0. The average Bonchev–Trinajstić information content (AvgIpc) is 2.30. The van der Waals surface area contributed by atoms with Gasteiger partial charge in [-0.2, -0.15) is 0 Å². The van der Waals surface area contributed by atoms with Crippen LogP contribution in [0.3, 0.4) is 0 Å². The molecule has 1 aliphatic rings. The molecule has 1 N–H and O–H groups in total. The van der Waals surface area contributed by atoms with Crippen LogP contribution in [0, 0.1) is 0 Å². The Hall–Kier alpha value is -0.810. The van der Waals surface area contributed by atoms with E-state index in [9.17, 15) is 4.21 Å². The van der Waals surface area contributed by atoms with Crippen LogP contribution in [-0.2, 0) is 10.8 Å². The summed E-state index contributed by atoms with van der Waals surface area (Å²) in [6, 6.07) is 1.74. The highest BCUT2D eigenvalue weighted by Crippen LogP contribution is 2.12. The van der Waals surface area contributed by atoms with E-state index in [4.69, 9.17) is 0 Å². The van der Waals surface area contributed by atoms with Crippen molar-refractivity contribution in [3.05, 3.63) is 18.5 Å². The number of hydrogen-bond donors (Lipinski definition) is 1. The lowest BCUT2D eigenvalue weighted by atomic mass is 10.2. The molecule has 0 unspecified atom stereocenters. The van der Waals surface area contributed by atoms with Crippen molar-refractivity contribution in [2.24, 2.45) is 0 Å². The molecule has 1 aliphatic heterocycles. The van der Waals surface area contributed by atoms with Crippen LogP contribution in [-0.4, -0.2) is 32.5 Å². The second-order valence-electron chi connectivity index (χ2n) is 3.30. The fourth-order valence-electron chi connectivity index (χ4n) is 1.54. The molecule has 4 nitrogen and oxygen atoms in total. The quantitative estimate of drug-likeness (QED) is 0.717. The summed E-state index contributed by atoms with van der Waals surface area (Å²) in [7, 11) is -1.05.